The van der Waals surface area contributed by atoms with Gasteiger partial charge in [-0.2, -0.15) is 0 Å². The van der Waals surface area contributed by atoms with Crippen LogP contribution in [0.15, 0.2) is 18.5 Å². The Morgan fingerprint density at radius 1 is 1.58 bits per heavy atom. The summed E-state index contributed by atoms with van der Waals surface area (Å²) >= 11 is 0. The molecule has 0 aliphatic rings. The van der Waals surface area contributed by atoms with Crippen LogP contribution in [0, 0.1) is 0 Å². The van der Waals surface area contributed by atoms with Gasteiger partial charge in [-0.25, -0.2) is 0 Å². The van der Waals surface area contributed by atoms with Crippen LogP contribution >= 0.6 is 0 Å². The zero-order chi connectivity index (χ0) is 8.81. The lowest BCUT2D eigenvalue weighted by atomic mass is 10.2. The molecule has 0 saturated carbocycles. The van der Waals surface area contributed by atoms with E-state index >= 15 is 0 Å². The highest BCUT2D eigenvalue weighted by Gasteiger charge is 2.00. The van der Waals surface area contributed by atoms with Gasteiger partial charge >= 0.3 is 0 Å². The topological polar surface area (TPSA) is 48.1 Å². The van der Waals surface area contributed by atoms with E-state index in [1.807, 2.05) is 13.0 Å². The Morgan fingerprint density at radius 3 is 3.08 bits per heavy atom. The van der Waals surface area contributed by atoms with Crippen LogP contribution in [0.5, 0.6) is 5.75 Å². The molecule has 0 saturated heterocycles. The SMILES string of the molecule is CCOc1cnccc1CCN. The number of hydrogen-bond donors (Lipinski definition) is 1. The van der Waals surface area contributed by atoms with Gasteiger partial charge in [0, 0.05) is 6.20 Å². The van der Waals surface area contributed by atoms with E-state index in [1.54, 1.807) is 12.4 Å². The Hall–Kier alpha value is -1.09. The minimum absolute atomic E-state index is 0.643. The first-order valence-electron chi connectivity index (χ1n) is 4.14. The molecular formula is C9H14N2O. The van der Waals surface area contributed by atoms with Crippen molar-refractivity contribution in [2.45, 2.75) is 13.3 Å². The molecule has 1 aromatic rings. The van der Waals surface area contributed by atoms with Gasteiger partial charge in [-0.3, -0.25) is 4.98 Å². The molecule has 0 aliphatic heterocycles. The van der Waals surface area contributed by atoms with Crippen LogP contribution in [-0.4, -0.2) is 18.1 Å². The third-order valence-corrected chi connectivity index (χ3v) is 1.58. The second kappa shape index (κ2) is 4.72. The van der Waals surface area contributed by atoms with Crippen LogP contribution in [0.1, 0.15) is 12.5 Å². The lowest BCUT2D eigenvalue weighted by Gasteiger charge is -2.07. The van der Waals surface area contributed by atoms with E-state index in [-0.39, 0.29) is 0 Å². The van der Waals surface area contributed by atoms with Gasteiger partial charge in [-0.1, -0.05) is 0 Å². The van der Waals surface area contributed by atoms with Gasteiger partial charge < -0.3 is 10.5 Å². The zero-order valence-electron chi connectivity index (χ0n) is 7.29. The molecule has 12 heavy (non-hydrogen) atoms. The maximum Gasteiger partial charge on any atom is 0.140 e. The molecule has 1 aromatic heterocycles. The van der Waals surface area contributed by atoms with E-state index in [4.69, 9.17) is 10.5 Å². The molecule has 0 amide bonds. The summed E-state index contributed by atoms with van der Waals surface area (Å²) in [5.41, 5.74) is 6.58. The smallest absolute Gasteiger partial charge is 0.140 e. The summed E-state index contributed by atoms with van der Waals surface area (Å²) in [5, 5.41) is 0. The van der Waals surface area contributed by atoms with E-state index in [9.17, 15) is 0 Å². The summed E-state index contributed by atoms with van der Waals surface area (Å²) in [6.45, 7) is 3.27. The molecule has 0 fully saturated rings. The standard InChI is InChI=1S/C9H14N2O/c1-2-12-9-7-11-6-4-8(9)3-5-10/h4,6-7H,2-3,5,10H2,1H3. The molecule has 3 nitrogen and oxygen atoms in total. The van der Waals surface area contributed by atoms with Gasteiger partial charge in [0.05, 0.1) is 12.8 Å². The first-order chi connectivity index (χ1) is 5.88. The summed E-state index contributed by atoms with van der Waals surface area (Å²) < 4.78 is 5.37. The summed E-state index contributed by atoms with van der Waals surface area (Å²) in [6, 6.07) is 1.94. The molecular weight excluding hydrogens is 152 g/mol. The number of rotatable bonds is 4. The summed E-state index contributed by atoms with van der Waals surface area (Å²) in [6.07, 6.45) is 4.33. The van der Waals surface area contributed by atoms with Gasteiger partial charge in [-0.05, 0) is 31.5 Å². The van der Waals surface area contributed by atoms with Gasteiger partial charge in [0.2, 0.25) is 0 Å². The van der Waals surface area contributed by atoms with Gasteiger partial charge in [0.25, 0.3) is 0 Å². The highest BCUT2D eigenvalue weighted by molar-refractivity contribution is 5.29. The van der Waals surface area contributed by atoms with Crippen LogP contribution in [0.25, 0.3) is 0 Å². The van der Waals surface area contributed by atoms with Crippen molar-refractivity contribution < 1.29 is 4.74 Å². The molecule has 2 N–H and O–H groups in total. The van der Waals surface area contributed by atoms with E-state index in [1.165, 1.54) is 0 Å². The average molecular weight is 166 g/mol. The fourth-order valence-electron chi connectivity index (χ4n) is 1.06. The highest BCUT2D eigenvalue weighted by atomic mass is 16.5. The van der Waals surface area contributed by atoms with E-state index in [0.29, 0.717) is 13.2 Å². The number of ether oxygens (including phenoxy) is 1. The first-order valence-corrected chi connectivity index (χ1v) is 4.14. The minimum atomic E-state index is 0.643. The van der Waals surface area contributed by atoms with Gasteiger partial charge in [0.1, 0.15) is 5.75 Å². The van der Waals surface area contributed by atoms with Crippen molar-refractivity contribution >= 4 is 0 Å². The fraction of sp³-hybridized carbons (Fsp3) is 0.444. The zero-order valence-corrected chi connectivity index (χ0v) is 7.29. The van der Waals surface area contributed by atoms with Gasteiger partial charge in [0.15, 0.2) is 0 Å². The van der Waals surface area contributed by atoms with Gasteiger partial charge in [-0.15, -0.1) is 0 Å². The molecule has 1 heterocycles. The van der Waals surface area contributed by atoms with E-state index in [2.05, 4.69) is 4.98 Å². The van der Waals surface area contributed by atoms with Crippen molar-refractivity contribution in [1.82, 2.24) is 4.98 Å². The molecule has 0 atom stereocenters. The Labute approximate surface area is 72.6 Å². The van der Waals surface area contributed by atoms with Crippen LogP contribution in [-0.2, 0) is 6.42 Å². The quantitative estimate of drug-likeness (QED) is 0.725. The maximum atomic E-state index is 5.45. The molecule has 0 unspecified atom stereocenters. The number of hydrogen-bond acceptors (Lipinski definition) is 3. The molecule has 1 rings (SSSR count). The lowest BCUT2D eigenvalue weighted by molar-refractivity contribution is 0.335. The van der Waals surface area contributed by atoms with Crippen molar-refractivity contribution in [3.63, 3.8) is 0 Å². The Kier molecular flexibility index (Phi) is 3.54. The van der Waals surface area contributed by atoms with E-state index in [0.717, 1.165) is 17.7 Å². The lowest BCUT2D eigenvalue weighted by Crippen LogP contribution is -2.05. The molecule has 0 spiro atoms. The second-order valence-electron chi connectivity index (χ2n) is 2.46. The molecule has 3 heteroatoms. The van der Waals surface area contributed by atoms with Crippen LogP contribution in [0.3, 0.4) is 0 Å². The second-order valence-corrected chi connectivity index (χ2v) is 2.46. The number of pyridine rings is 1. The molecule has 0 radical (unpaired) electrons. The summed E-state index contributed by atoms with van der Waals surface area (Å²) in [4.78, 5) is 3.98. The fourth-order valence-corrected chi connectivity index (χ4v) is 1.06. The maximum absolute atomic E-state index is 5.45. The third-order valence-electron chi connectivity index (χ3n) is 1.58. The predicted molar refractivity (Wildman–Crippen MR) is 48.2 cm³/mol. The van der Waals surface area contributed by atoms with Crippen LogP contribution in [0.2, 0.25) is 0 Å². The summed E-state index contributed by atoms with van der Waals surface area (Å²) in [7, 11) is 0. The Morgan fingerprint density at radius 2 is 2.42 bits per heavy atom. The van der Waals surface area contributed by atoms with Crippen LogP contribution in [0.4, 0.5) is 0 Å². The third kappa shape index (κ3) is 2.20. The molecule has 0 aromatic carbocycles. The average Bonchev–Trinajstić information content (AvgIpc) is 2.09. The van der Waals surface area contributed by atoms with Crippen molar-refractivity contribution in [1.29, 1.82) is 0 Å². The normalized spacial score (nSPS) is 9.83. The molecule has 0 aliphatic carbocycles. The highest BCUT2D eigenvalue weighted by Crippen LogP contribution is 2.15. The van der Waals surface area contributed by atoms with Crippen molar-refractivity contribution in [2.75, 3.05) is 13.2 Å². The Balaban J connectivity index is 2.77. The van der Waals surface area contributed by atoms with Crippen molar-refractivity contribution in [2.24, 2.45) is 5.73 Å². The molecule has 66 valence electrons. The largest absolute Gasteiger partial charge is 0.492 e. The number of nitrogens with zero attached hydrogens (tertiary/aromatic N) is 1. The summed E-state index contributed by atoms with van der Waals surface area (Å²) in [5.74, 6) is 0.852. The number of aromatic nitrogens is 1. The monoisotopic (exact) mass is 166 g/mol. The van der Waals surface area contributed by atoms with E-state index < -0.39 is 0 Å². The number of nitrogens with two attached hydrogens (primary N) is 1. The van der Waals surface area contributed by atoms with Crippen molar-refractivity contribution in [3.8, 4) is 5.75 Å². The van der Waals surface area contributed by atoms with Crippen molar-refractivity contribution in [3.05, 3.63) is 24.0 Å². The predicted octanol–water partition coefficient (Wildman–Crippen LogP) is 0.982. The van der Waals surface area contributed by atoms with Crippen LogP contribution < -0.4 is 10.5 Å². The minimum Gasteiger partial charge on any atom is -0.492 e. The first kappa shape index (κ1) is 9.00. The molecule has 0 bridgehead atoms. The Bertz CT molecular complexity index is 213.